The van der Waals surface area contributed by atoms with Crippen molar-refractivity contribution in [1.29, 1.82) is 0 Å². The van der Waals surface area contributed by atoms with Gasteiger partial charge in [-0.3, -0.25) is 0 Å². The molecule has 2 aromatic carbocycles. The van der Waals surface area contributed by atoms with Crippen LogP contribution >= 0.6 is 0 Å². The average molecular weight is 488 g/mol. The number of hydrogen-bond acceptors (Lipinski definition) is 5. The molecular weight excluding hydrogens is 458 g/mol. The maximum absolute atomic E-state index is 11.4. The van der Waals surface area contributed by atoms with Crippen molar-refractivity contribution >= 4 is 16.7 Å². The van der Waals surface area contributed by atoms with E-state index in [2.05, 4.69) is 44.6 Å². The molecule has 1 unspecified atom stereocenters. The Morgan fingerprint density at radius 2 is 1.80 bits per heavy atom. The van der Waals surface area contributed by atoms with Crippen LogP contribution in [0.2, 0.25) is 0 Å². The van der Waals surface area contributed by atoms with Gasteiger partial charge in [-0.2, -0.15) is 5.10 Å². The number of benzene rings is 2. The quantitative estimate of drug-likeness (QED) is 0.402. The van der Waals surface area contributed by atoms with Gasteiger partial charge in [-0.15, -0.1) is 0 Å². The fourth-order valence-corrected chi connectivity index (χ4v) is 5.66. The highest BCUT2D eigenvalue weighted by molar-refractivity contribution is 7.79. The second kappa shape index (κ2) is 9.28. The smallest absolute Gasteiger partial charge is 0.186 e. The molecule has 2 aromatic heterocycles. The van der Waals surface area contributed by atoms with E-state index in [0.29, 0.717) is 16.0 Å². The Morgan fingerprint density at radius 1 is 1.00 bits per heavy atom. The van der Waals surface area contributed by atoms with Gasteiger partial charge < -0.3 is 14.8 Å². The topological polar surface area (TPSA) is 82.8 Å². The van der Waals surface area contributed by atoms with E-state index in [-0.39, 0.29) is 0 Å². The van der Waals surface area contributed by atoms with Crippen molar-refractivity contribution in [2.75, 3.05) is 32.7 Å². The lowest BCUT2D eigenvalue weighted by molar-refractivity contribution is 0.0560. The van der Waals surface area contributed by atoms with Gasteiger partial charge >= 0.3 is 0 Å². The van der Waals surface area contributed by atoms with Crippen LogP contribution in [0.1, 0.15) is 18.4 Å². The minimum Gasteiger partial charge on any atom is -0.316 e. The molecule has 2 aliphatic rings. The van der Waals surface area contributed by atoms with Crippen molar-refractivity contribution in [3.8, 4) is 22.3 Å². The van der Waals surface area contributed by atoms with Gasteiger partial charge in [0.25, 0.3) is 0 Å². The molecule has 1 atom stereocenters. The number of piperidine rings is 1. The van der Waals surface area contributed by atoms with E-state index >= 15 is 0 Å². The SMILES string of the molecule is O=S(O)c1cccc(-c2cnn3cc(-c4ccc(CCN5CCC6(CC5)CNC6)cc4)cnc23)c1. The van der Waals surface area contributed by atoms with Crippen LogP contribution in [0, 0.1) is 5.41 Å². The molecule has 2 saturated heterocycles. The molecule has 8 heteroatoms. The molecule has 4 heterocycles. The van der Waals surface area contributed by atoms with Crippen molar-refractivity contribution in [1.82, 2.24) is 24.8 Å². The lowest BCUT2D eigenvalue weighted by Gasteiger charge is -2.48. The molecule has 0 saturated carbocycles. The number of nitrogens with one attached hydrogen (secondary N) is 1. The fourth-order valence-electron chi connectivity index (χ4n) is 5.23. The summed E-state index contributed by atoms with van der Waals surface area (Å²) >= 11 is -2.02. The van der Waals surface area contributed by atoms with Crippen molar-refractivity contribution in [3.05, 3.63) is 72.7 Å². The van der Waals surface area contributed by atoms with Gasteiger partial charge in [0.1, 0.15) is 0 Å². The minimum absolute atomic E-state index is 0.360. The Hall–Kier alpha value is -2.91. The first-order chi connectivity index (χ1) is 17.1. The van der Waals surface area contributed by atoms with Gasteiger partial charge in [-0.25, -0.2) is 13.7 Å². The lowest BCUT2D eigenvalue weighted by Crippen LogP contribution is -2.58. The molecular formula is C27H29N5O2S. The zero-order valence-corrected chi connectivity index (χ0v) is 20.4. The number of hydrogen-bond donors (Lipinski definition) is 2. The molecule has 0 bridgehead atoms. The highest BCUT2D eigenvalue weighted by Gasteiger charge is 2.39. The van der Waals surface area contributed by atoms with E-state index < -0.39 is 11.1 Å². The number of likely N-dealkylation sites (tertiary alicyclic amines) is 1. The Bertz CT molecular complexity index is 1370. The monoisotopic (exact) mass is 487 g/mol. The van der Waals surface area contributed by atoms with E-state index in [1.54, 1.807) is 28.9 Å². The van der Waals surface area contributed by atoms with Crippen LogP contribution < -0.4 is 5.32 Å². The van der Waals surface area contributed by atoms with Crippen LogP contribution in [-0.2, 0) is 17.5 Å². The van der Waals surface area contributed by atoms with Crippen LogP contribution in [0.15, 0.2) is 72.0 Å². The van der Waals surface area contributed by atoms with E-state index in [1.165, 1.54) is 44.6 Å². The first-order valence-corrected chi connectivity index (χ1v) is 13.3. The second-order valence-electron chi connectivity index (χ2n) is 9.84. The van der Waals surface area contributed by atoms with Crippen LogP contribution in [0.3, 0.4) is 0 Å². The molecule has 0 aliphatic carbocycles. The van der Waals surface area contributed by atoms with Crippen LogP contribution in [0.25, 0.3) is 27.9 Å². The van der Waals surface area contributed by atoms with Crippen LogP contribution in [0.5, 0.6) is 0 Å². The van der Waals surface area contributed by atoms with Crippen molar-refractivity contribution in [2.45, 2.75) is 24.2 Å². The Labute approximate surface area is 207 Å². The largest absolute Gasteiger partial charge is 0.316 e. The Balaban J connectivity index is 1.13. The van der Waals surface area contributed by atoms with E-state index in [0.717, 1.165) is 35.2 Å². The molecule has 4 aromatic rings. The highest BCUT2D eigenvalue weighted by Crippen LogP contribution is 2.35. The number of aromatic nitrogens is 3. The van der Waals surface area contributed by atoms with Gasteiger partial charge in [-0.1, -0.05) is 36.4 Å². The van der Waals surface area contributed by atoms with Gasteiger partial charge in [0.2, 0.25) is 0 Å². The van der Waals surface area contributed by atoms with E-state index in [9.17, 15) is 8.76 Å². The zero-order valence-electron chi connectivity index (χ0n) is 19.6. The molecule has 2 aliphatic heterocycles. The van der Waals surface area contributed by atoms with Gasteiger partial charge in [0, 0.05) is 43.2 Å². The summed E-state index contributed by atoms with van der Waals surface area (Å²) in [5, 5.41) is 7.92. The fraction of sp³-hybridized carbons (Fsp3) is 0.333. The summed E-state index contributed by atoms with van der Waals surface area (Å²) in [6.07, 6.45) is 9.32. The highest BCUT2D eigenvalue weighted by atomic mass is 32.2. The standard InChI is InChI=1S/C27H29N5O2S/c33-35(34)24-3-1-2-22(14-24)25-16-30-32-17-23(15-29-26(25)32)21-6-4-20(5-7-21)8-11-31-12-9-27(10-13-31)18-28-19-27/h1-7,14-17,28H,8-13,18-19H2,(H,33,34). The number of fused-ring (bicyclic) bond motifs is 1. The predicted molar refractivity (Wildman–Crippen MR) is 138 cm³/mol. The van der Waals surface area contributed by atoms with Crippen molar-refractivity contribution in [2.24, 2.45) is 5.41 Å². The summed E-state index contributed by atoms with van der Waals surface area (Å²) in [5.74, 6) is 0. The van der Waals surface area contributed by atoms with Crippen LogP contribution in [0.4, 0.5) is 0 Å². The first kappa shape index (κ1) is 22.5. The lowest BCUT2D eigenvalue weighted by atomic mass is 9.73. The molecule has 0 radical (unpaired) electrons. The summed E-state index contributed by atoms with van der Waals surface area (Å²) in [7, 11) is 0. The van der Waals surface area contributed by atoms with E-state index in [4.69, 9.17) is 0 Å². The summed E-state index contributed by atoms with van der Waals surface area (Å²) in [6, 6.07) is 15.8. The Kier molecular flexibility index (Phi) is 5.98. The Morgan fingerprint density at radius 3 is 2.51 bits per heavy atom. The third-order valence-electron chi connectivity index (χ3n) is 7.62. The summed E-state index contributed by atoms with van der Waals surface area (Å²) in [4.78, 5) is 7.63. The maximum Gasteiger partial charge on any atom is 0.186 e. The minimum atomic E-state index is -2.02. The van der Waals surface area contributed by atoms with Gasteiger partial charge in [0.05, 0.1) is 11.1 Å². The van der Waals surface area contributed by atoms with E-state index in [1.807, 2.05) is 18.5 Å². The molecule has 2 N–H and O–H groups in total. The molecule has 7 nitrogen and oxygen atoms in total. The molecule has 2 fully saturated rings. The van der Waals surface area contributed by atoms with Crippen molar-refractivity contribution < 1.29 is 8.76 Å². The second-order valence-corrected chi connectivity index (χ2v) is 10.8. The summed E-state index contributed by atoms with van der Waals surface area (Å²) in [6.45, 7) is 5.99. The maximum atomic E-state index is 11.4. The molecule has 180 valence electrons. The first-order valence-electron chi connectivity index (χ1n) is 12.2. The normalized spacial score (nSPS) is 18.5. The van der Waals surface area contributed by atoms with Crippen LogP contribution in [-0.4, -0.2) is 61.0 Å². The van der Waals surface area contributed by atoms with Gasteiger partial charge in [0.15, 0.2) is 16.7 Å². The predicted octanol–water partition coefficient (Wildman–Crippen LogP) is 3.87. The molecule has 0 amide bonds. The molecule has 6 rings (SSSR count). The third kappa shape index (κ3) is 4.54. The summed E-state index contributed by atoms with van der Waals surface area (Å²) < 4.78 is 22.6. The third-order valence-corrected chi connectivity index (χ3v) is 8.28. The van der Waals surface area contributed by atoms with Gasteiger partial charge in [-0.05, 0) is 66.6 Å². The average Bonchev–Trinajstić information content (AvgIpc) is 3.31. The summed E-state index contributed by atoms with van der Waals surface area (Å²) in [5.41, 5.74) is 6.43. The zero-order chi connectivity index (χ0) is 23.8. The molecule has 1 spiro atoms. The number of nitrogens with zero attached hydrogens (tertiary/aromatic N) is 4. The van der Waals surface area contributed by atoms with Crippen molar-refractivity contribution in [3.63, 3.8) is 0 Å². The molecule has 35 heavy (non-hydrogen) atoms. The number of rotatable bonds is 6.